The predicted octanol–water partition coefficient (Wildman–Crippen LogP) is 0.840. The second-order valence-electron chi connectivity index (χ2n) is 6.02. The first kappa shape index (κ1) is 17.0. The summed E-state index contributed by atoms with van der Waals surface area (Å²) in [5.74, 6) is 0. The van der Waals surface area contributed by atoms with Crippen LogP contribution in [0.25, 0.3) is 0 Å². The number of piperazine rings is 1. The number of nitrogens with one attached hydrogen (secondary N) is 1. The van der Waals surface area contributed by atoms with Crippen molar-refractivity contribution in [3.8, 4) is 0 Å². The number of carbonyl (C=O) groups is 1. The quantitative estimate of drug-likeness (QED) is 0.473. The molecule has 9 heteroatoms. The average molecular weight is 344 g/mol. The Bertz CT molecular complexity index is 758. The topological polar surface area (TPSA) is 106 Å². The second kappa shape index (κ2) is 7.39. The molecule has 1 aliphatic heterocycles. The summed E-state index contributed by atoms with van der Waals surface area (Å²) < 4.78 is 1.81. The lowest BCUT2D eigenvalue weighted by molar-refractivity contribution is -0.384. The van der Waals surface area contributed by atoms with Gasteiger partial charge in [0.15, 0.2) is 0 Å². The summed E-state index contributed by atoms with van der Waals surface area (Å²) in [4.78, 5) is 23.3. The normalized spacial score (nSPS) is 17.5. The summed E-state index contributed by atoms with van der Waals surface area (Å²) in [6.07, 6.45) is 1.56. The highest BCUT2D eigenvalue weighted by molar-refractivity contribution is 5.49. The summed E-state index contributed by atoms with van der Waals surface area (Å²) in [5.41, 5.74) is 2.82. The van der Waals surface area contributed by atoms with E-state index in [0.29, 0.717) is 26.1 Å². The molecule has 2 aromatic rings. The number of non-ortho nitro benzene ring substituents is 1. The molecule has 1 fully saturated rings. The van der Waals surface area contributed by atoms with Gasteiger partial charge in [-0.25, -0.2) is 4.68 Å². The molecule has 1 saturated heterocycles. The smallest absolute Gasteiger partial charge is 0.269 e. The number of benzene rings is 1. The van der Waals surface area contributed by atoms with E-state index >= 15 is 0 Å². The molecule has 9 nitrogen and oxygen atoms in total. The molecule has 0 spiro atoms. The summed E-state index contributed by atoms with van der Waals surface area (Å²) in [6, 6.07) is 6.42. The maximum Gasteiger partial charge on any atom is 0.269 e. The van der Waals surface area contributed by atoms with Crippen molar-refractivity contribution in [3.05, 3.63) is 51.3 Å². The molecule has 1 aliphatic rings. The Kier molecular flexibility index (Phi) is 5.03. The molecule has 0 saturated carbocycles. The van der Waals surface area contributed by atoms with Crippen molar-refractivity contribution in [2.75, 3.05) is 19.6 Å². The summed E-state index contributed by atoms with van der Waals surface area (Å²) in [7, 11) is 0. The third-order valence-electron chi connectivity index (χ3n) is 4.51. The molecule has 0 bridgehead atoms. The minimum atomic E-state index is -0.408. The third kappa shape index (κ3) is 3.66. The number of carbonyl (C=O) groups excluding carboxylic acids is 1. The van der Waals surface area contributed by atoms with E-state index in [1.54, 1.807) is 17.0 Å². The van der Waals surface area contributed by atoms with E-state index in [1.165, 1.54) is 12.1 Å². The number of hydrogen-bond donors (Lipinski definition) is 1. The number of aryl methyl sites for hydroxylation is 2. The number of rotatable bonds is 6. The van der Waals surface area contributed by atoms with Gasteiger partial charge in [0.05, 0.1) is 16.7 Å². The van der Waals surface area contributed by atoms with Gasteiger partial charge in [0.2, 0.25) is 6.41 Å². The number of amides is 1. The molecule has 0 aliphatic carbocycles. The Labute approximate surface area is 144 Å². The summed E-state index contributed by atoms with van der Waals surface area (Å²) in [6.45, 7) is 4.67. The van der Waals surface area contributed by atoms with Crippen LogP contribution in [0.4, 0.5) is 5.69 Å². The Hall–Kier alpha value is -2.81. The van der Waals surface area contributed by atoms with Crippen LogP contribution in [0.1, 0.15) is 23.0 Å². The van der Waals surface area contributed by atoms with Gasteiger partial charge in [-0.1, -0.05) is 17.3 Å². The van der Waals surface area contributed by atoms with Gasteiger partial charge >= 0.3 is 0 Å². The zero-order valence-corrected chi connectivity index (χ0v) is 14.0. The van der Waals surface area contributed by atoms with Gasteiger partial charge in [0.1, 0.15) is 5.69 Å². The lowest BCUT2D eigenvalue weighted by Gasteiger charge is -2.32. The molecule has 1 atom stereocenters. The molecule has 1 amide bonds. The van der Waals surface area contributed by atoms with E-state index in [0.717, 1.165) is 29.9 Å². The fourth-order valence-electron chi connectivity index (χ4n) is 3.01. The molecule has 1 aromatic heterocycles. The van der Waals surface area contributed by atoms with Crippen molar-refractivity contribution in [2.24, 2.45) is 0 Å². The molecule has 1 N–H and O–H groups in total. The van der Waals surface area contributed by atoms with Gasteiger partial charge in [-0.2, -0.15) is 0 Å². The first-order chi connectivity index (χ1) is 12.1. The van der Waals surface area contributed by atoms with Crippen LogP contribution in [-0.2, 0) is 17.8 Å². The Morgan fingerprint density at radius 3 is 2.84 bits per heavy atom. The van der Waals surface area contributed by atoms with E-state index in [4.69, 9.17) is 0 Å². The molecule has 2 heterocycles. The van der Waals surface area contributed by atoms with E-state index in [9.17, 15) is 14.9 Å². The number of nitro benzene ring substituents is 1. The SMILES string of the molecule is Cc1c(C2CNCCN2C=O)nnn1CCc1ccc([N+](=O)[O-])cc1. The van der Waals surface area contributed by atoms with Crippen molar-refractivity contribution in [1.82, 2.24) is 25.2 Å². The molecular formula is C16H20N6O3. The average Bonchev–Trinajstić information content (AvgIpc) is 3.00. The molecule has 1 aromatic carbocycles. The lowest BCUT2D eigenvalue weighted by atomic mass is 10.1. The largest absolute Gasteiger partial charge is 0.334 e. The van der Waals surface area contributed by atoms with E-state index in [-0.39, 0.29) is 11.7 Å². The standard InChI is InChI=1S/C16H20N6O3/c1-12-16(15-10-17-7-9-20(15)11-23)18-19-21(12)8-6-13-2-4-14(5-3-13)22(24)25/h2-5,11,15,17H,6-10H2,1H3. The summed E-state index contributed by atoms with van der Waals surface area (Å²) >= 11 is 0. The van der Waals surface area contributed by atoms with E-state index in [2.05, 4.69) is 15.6 Å². The first-order valence-corrected chi connectivity index (χ1v) is 8.15. The molecule has 25 heavy (non-hydrogen) atoms. The lowest BCUT2D eigenvalue weighted by Crippen LogP contribution is -2.45. The fourth-order valence-corrected chi connectivity index (χ4v) is 3.01. The van der Waals surface area contributed by atoms with Gasteiger partial charge in [-0.3, -0.25) is 14.9 Å². The molecule has 0 radical (unpaired) electrons. The van der Waals surface area contributed by atoms with Crippen molar-refractivity contribution in [3.63, 3.8) is 0 Å². The first-order valence-electron chi connectivity index (χ1n) is 8.15. The van der Waals surface area contributed by atoms with Gasteiger partial charge in [-0.05, 0) is 18.9 Å². The highest BCUT2D eigenvalue weighted by Crippen LogP contribution is 2.22. The second-order valence-corrected chi connectivity index (χ2v) is 6.02. The molecule has 3 rings (SSSR count). The predicted molar refractivity (Wildman–Crippen MR) is 89.9 cm³/mol. The van der Waals surface area contributed by atoms with Crippen LogP contribution in [0.2, 0.25) is 0 Å². The molecule has 1 unspecified atom stereocenters. The van der Waals surface area contributed by atoms with E-state index < -0.39 is 4.92 Å². The Balaban J connectivity index is 1.68. The summed E-state index contributed by atoms with van der Waals surface area (Å²) in [5, 5.41) is 22.4. The third-order valence-corrected chi connectivity index (χ3v) is 4.51. The number of nitro groups is 1. The Morgan fingerprint density at radius 2 is 2.16 bits per heavy atom. The van der Waals surface area contributed by atoms with Crippen molar-refractivity contribution < 1.29 is 9.72 Å². The van der Waals surface area contributed by atoms with Gasteiger partial charge in [0.25, 0.3) is 5.69 Å². The zero-order valence-electron chi connectivity index (χ0n) is 14.0. The van der Waals surface area contributed by atoms with Crippen LogP contribution < -0.4 is 5.32 Å². The maximum absolute atomic E-state index is 11.2. The molecule has 132 valence electrons. The fraction of sp³-hybridized carbons (Fsp3) is 0.438. The highest BCUT2D eigenvalue weighted by Gasteiger charge is 2.27. The maximum atomic E-state index is 11.2. The van der Waals surface area contributed by atoms with Crippen molar-refractivity contribution in [1.29, 1.82) is 0 Å². The van der Waals surface area contributed by atoms with Crippen LogP contribution in [0.5, 0.6) is 0 Å². The number of hydrogen-bond acceptors (Lipinski definition) is 6. The van der Waals surface area contributed by atoms with Crippen molar-refractivity contribution in [2.45, 2.75) is 25.9 Å². The van der Waals surface area contributed by atoms with Gasteiger partial charge in [0, 0.05) is 38.3 Å². The minimum absolute atomic E-state index is 0.0849. The van der Waals surface area contributed by atoms with Crippen LogP contribution in [-0.4, -0.2) is 50.9 Å². The van der Waals surface area contributed by atoms with Gasteiger partial charge < -0.3 is 10.2 Å². The zero-order chi connectivity index (χ0) is 17.8. The van der Waals surface area contributed by atoms with E-state index in [1.807, 2.05) is 11.6 Å². The van der Waals surface area contributed by atoms with Crippen LogP contribution in [0.15, 0.2) is 24.3 Å². The minimum Gasteiger partial charge on any atom is -0.334 e. The van der Waals surface area contributed by atoms with Crippen LogP contribution in [0, 0.1) is 17.0 Å². The highest BCUT2D eigenvalue weighted by atomic mass is 16.6. The van der Waals surface area contributed by atoms with Gasteiger partial charge in [-0.15, -0.1) is 5.10 Å². The Morgan fingerprint density at radius 1 is 1.40 bits per heavy atom. The van der Waals surface area contributed by atoms with Crippen LogP contribution >= 0.6 is 0 Å². The molecular weight excluding hydrogens is 324 g/mol. The number of aromatic nitrogens is 3. The van der Waals surface area contributed by atoms with Crippen LogP contribution in [0.3, 0.4) is 0 Å². The van der Waals surface area contributed by atoms with Crippen molar-refractivity contribution >= 4 is 12.1 Å². The number of nitrogens with zero attached hydrogens (tertiary/aromatic N) is 5. The monoisotopic (exact) mass is 344 g/mol.